The van der Waals surface area contributed by atoms with Gasteiger partial charge in [0, 0.05) is 30.8 Å². The maximum absolute atomic E-state index is 11.4. The van der Waals surface area contributed by atoms with Gasteiger partial charge in [0.2, 0.25) is 11.8 Å². The lowest BCUT2D eigenvalue weighted by Crippen LogP contribution is -2.14. The Morgan fingerprint density at radius 2 is 2.14 bits per heavy atom. The molecule has 28 heavy (non-hydrogen) atoms. The molecule has 1 amide bonds. The van der Waals surface area contributed by atoms with Crippen molar-refractivity contribution in [2.75, 3.05) is 13.2 Å². The van der Waals surface area contributed by atoms with Gasteiger partial charge < -0.3 is 14.6 Å². The number of nitrogens with zero attached hydrogens (tertiary/aromatic N) is 4. The zero-order valence-corrected chi connectivity index (χ0v) is 17.5. The first-order valence-corrected chi connectivity index (χ1v) is 10.4. The fourth-order valence-corrected chi connectivity index (χ4v) is 4.20. The quantitative estimate of drug-likeness (QED) is 0.712. The van der Waals surface area contributed by atoms with Crippen molar-refractivity contribution in [2.45, 2.75) is 39.0 Å². The van der Waals surface area contributed by atoms with E-state index in [1.807, 2.05) is 23.1 Å². The van der Waals surface area contributed by atoms with Gasteiger partial charge in [0.15, 0.2) is 0 Å². The number of aromatic nitrogens is 4. The fourth-order valence-electron chi connectivity index (χ4n) is 3.30. The summed E-state index contributed by atoms with van der Waals surface area (Å²) in [5, 5.41) is 5.98. The molecule has 0 unspecified atom stereocenters. The summed E-state index contributed by atoms with van der Waals surface area (Å²) < 4.78 is 7.98. The van der Waals surface area contributed by atoms with Crippen LogP contribution < -0.4 is 10.1 Å². The molecule has 8 heteroatoms. The van der Waals surface area contributed by atoms with E-state index in [0.29, 0.717) is 24.8 Å². The normalized spacial score (nSPS) is 17.3. The molecule has 1 aliphatic heterocycles. The van der Waals surface area contributed by atoms with E-state index in [2.05, 4.69) is 31.1 Å². The van der Waals surface area contributed by atoms with Gasteiger partial charge in [-0.05, 0) is 18.4 Å². The molecule has 7 nitrogen and oxygen atoms in total. The van der Waals surface area contributed by atoms with Crippen molar-refractivity contribution in [2.24, 2.45) is 13.0 Å². The molecule has 3 aromatic heterocycles. The molecule has 0 aromatic carbocycles. The number of nitrogens with one attached hydrogen (secondary N) is 1. The number of carbonyl (C=O) groups excluding carboxylic acids is 1. The fraction of sp³-hybridized carbons (Fsp3) is 0.500. The number of hydrogen-bond donors (Lipinski definition) is 1. The van der Waals surface area contributed by atoms with Crippen molar-refractivity contribution in [3.63, 3.8) is 0 Å². The van der Waals surface area contributed by atoms with Crippen LogP contribution >= 0.6 is 11.3 Å². The first-order chi connectivity index (χ1) is 13.3. The van der Waals surface area contributed by atoms with Crippen molar-refractivity contribution in [3.8, 4) is 17.3 Å². The number of pyridine rings is 1. The van der Waals surface area contributed by atoms with Crippen LogP contribution in [0.15, 0.2) is 17.8 Å². The zero-order chi connectivity index (χ0) is 19.9. The molecule has 1 N–H and O–H groups in total. The Hall–Kier alpha value is -2.48. The number of ether oxygens (including phenoxy) is 1. The van der Waals surface area contributed by atoms with Crippen LogP contribution in [-0.4, -0.2) is 38.6 Å². The highest BCUT2D eigenvalue weighted by Gasteiger charge is 2.22. The molecule has 1 atom stereocenters. The second-order valence-electron chi connectivity index (χ2n) is 8.34. The maximum Gasteiger partial charge on any atom is 0.240 e. The SMILES string of the molecule is Cn1cnc2cc(-c3csc(C(C)(C)C)n3)nc(OCC[C@H]3CNC(=O)C3)c21. The Bertz CT molecular complexity index is 1020. The van der Waals surface area contributed by atoms with Crippen molar-refractivity contribution < 1.29 is 9.53 Å². The standard InChI is InChI=1S/C20H25N5O2S/c1-20(2,3)19-24-15(10-28-19)13-8-14-17(25(4)11-22-14)18(23-13)27-6-5-12-7-16(26)21-9-12/h8,10-12H,5-7,9H2,1-4H3,(H,21,26)/t12-/m1/s1. The number of imidazole rings is 1. The highest BCUT2D eigenvalue weighted by molar-refractivity contribution is 7.10. The topological polar surface area (TPSA) is 81.9 Å². The van der Waals surface area contributed by atoms with Crippen LogP contribution in [0.1, 0.15) is 38.6 Å². The lowest BCUT2D eigenvalue weighted by Gasteiger charge is -2.13. The number of carbonyl (C=O) groups is 1. The lowest BCUT2D eigenvalue weighted by atomic mass is 9.98. The van der Waals surface area contributed by atoms with Crippen LogP contribution in [0.5, 0.6) is 5.88 Å². The minimum atomic E-state index is 0.00406. The number of rotatable bonds is 5. The molecule has 1 fully saturated rings. The third kappa shape index (κ3) is 3.73. The molecule has 3 aromatic rings. The van der Waals surface area contributed by atoms with Gasteiger partial charge in [0.1, 0.15) is 11.2 Å². The summed E-state index contributed by atoms with van der Waals surface area (Å²) in [6.45, 7) is 7.71. The Kier molecular flexibility index (Phi) is 4.82. The van der Waals surface area contributed by atoms with E-state index < -0.39 is 0 Å². The van der Waals surface area contributed by atoms with Gasteiger partial charge in [-0.25, -0.2) is 15.0 Å². The van der Waals surface area contributed by atoms with Gasteiger partial charge in [-0.3, -0.25) is 4.79 Å². The average Bonchev–Trinajstić information content (AvgIpc) is 3.35. The van der Waals surface area contributed by atoms with Gasteiger partial charge in [0.25, 0.3) is 0 Å². The summed E-state index contributed by atoms with van der Waals surface area (Å²) >= 11 is 1.65. The highest BCUT2D eigenvalue weighted by atomic mass is 32.1. The molecule has 0 spiro atoms. The van der Waals surface area contributed by atoms with Gasteiger partial charge in [0.05, 0.1) is 29.2 Å². The van der Waals surface area contributed by atoms with E-state index in [9.17, 15) is 4.79 Å². The summed E-state index contributed by atoms with van der Waals surface area (Å²) in [6, 6.07) is 1.96. The van der Waals surface area contributed by atoms with Gasteiger partial charge in [-0.2, -0.15) is 0 Å². The second kappa shape index (κ2) is 7.16. The lowest BCUT2D eigenvalue weighted by molar-refractivity contribution is -0.119. The number of amides is 1. The average molecular weight is 400 g/mol. The zero-order valence-electron chi connectivity index (χ0n) is 16.7. The van der Waals surface area contributed by atoms with Gasteiger partial charge in [-0.15, -0.1) is 11.3 Å². The summed E-state index contributed by atoms with van der Waals surface area (Å²) in [6.07, 6.45) is 3.16. The van der Waals surface area contributed by atoms with Crippen LogP contribution in [-0.2, 0) is 17.3 Å². The number of fused-ring (bicyclic) bond motifs is 1. The summed E-state index contributed by atoms with van der Waals surface area (Å²) in [5.41, 5.74) is 3.33. The first kappa shape index (κ1) is 18.9. The van der Waals surface area contributed by atoms with E-state index in [4.69, 9.17) is 14.7 Å². The molecule has 0 radical (unpaired) electrons. The largest absolute Gasteiger partial charge is 0.476 e. The van der Waals surface area contributed by atoms with Crippen molar-refractivity contribution in [1.29, 1.82) is 0 Å². The van der Waals surface area contributed by atoms with Crippen LogP contribution in [0.2, 0.25) is 0 Å². The Balaban J connectivity index is 1.60. The molecular weight excluding hydrogens is 374 g/mol. The van der Waals surface area contributed by atoms with Crippen LogP contribution in [0.4, 0.5) is 0 Å². The number of hydrogen-bond acceptors (Lipinski definition) is 6. The molecule has 0 bridgehead atoms. The first-order valence-electron chi connectivity index (χ1n) is 9.49. The third-order valence-electron chi connectivity index (χ3n) is 4.90. The monoisotopic (exact) mass is 399 g/mol. The van der Waals surface area contributed by atoms with E-state index in [1.165, 1.54) is 0 Å². The number of thiazole rings is 1. The predicted molar refractivity (Wildman–Crippen MR) is 110 cm³/mol. The molecule has 1 saturated heterocycles. The van der Waals surface area contributed by atoms with Crippen LogP contribution in [0.3, 0.4) is 0 Å². The molecule has 4 heterocycles. The van der Waals surface area contributed by atoms with Crippen molar-refractivity contribution in [3.05, 3.63) is 22.8 Å². The summed E-state index contributed by atoms with van der Waals surface area (Å²) in [4.78, 5) is 25.4. The Morgan fingerprint density at radius 1 is 1.32 bits per heavy atom. The maximum atomic E-state index is 11.4. The minimum Gasteiger partial charge on any atom is -0.476 e. The smallest absolute Gasteiger partial charge is 0.240 e. The Labute approximate surface area is 168 Å². The van der Waals surface area contributed by atoms with Crippen molar-refractivity contribution in [1.82, 2.24) is 24.8 Å². The number of aryl methyl sites for hydroxylation is 1. The van der Waals surface area contributed by atoms with Gasteiger partial charge >= 0.3 is 0 Å². The minimum absolute atomic E-state index is 0.00406. The predicted octanol–water partition coefficient (Wildman–Crippen LogP) is 3.29. The molecule has 0 aliphatic carbocycles. The summed E-state index contributed by atoms with van der Waals surface area (Å²) in [5.74, 6) is 1.01. The highest BCUT2D eigenvalue weighted by Crippen LogP contribution is 2.32. The van der Waals surface area contributed by atoms with E-state index >= 15 is 0 Å². The van der Waals surface area contributed by atoms with Gasteiger partial charge in [-0.1, -0.05) is 20.8 Å². The van der Waals surface area contributed by atoms with E-state index in [0.717, 1.165) is 40.4 Å². The van der Waals surface area contributed by atoms with E-state index in [-0.39, 0.29) is 11.3 Å². The Morgan fingerprint density at radius 3 is 2.82 bits per heavy atom. The third-order valence-corrected chi connectivity index (χ3v) is 6.17. The van der Waals surface area contributed by atoms with Crippen molar-refractivity contribution >= 4 is 28.3 Å². The molecule has 0 saturated carbocycles. The van der Waals surface area contributed by atoms with E-state index in [1.54, 1.807) is 17.7 Å². The summed E-state index contributed by atoms with van der Waals surface area (Å²) in [7, 11) is 1.93. The van der Waals surface area contributed by atoms with Crippen LogP contribution in [0.25, 0.3) is 22.4 Å². The van der Waals surface area contributed by atoms with Crippen LogP contribution in [0, 0.1) is 5.92 Å². The molecular formula is C20H25N5O2S. The molecule has 1 aliphatic rings. The molecule has 4 rings (SSSR count). The molecule has 148 valence electrons. The second-order valence-corrected chi connectivity index (χ2v) is 9.19.